The summed E-state index contributed by atoms with van der Waals surface area (Å²) in [5, 5.41) is 26.6. The van der Waals surface area contributed by atoms with Crippen LogP contribution in [-0.4, -0.2) is 103 Å². The number of fused-ring (bicyclic) bond motifs is 3. The number of carbonyl (C=O) groups is 3. The number of aryl methyl sites for hydroxylation is 1. The Morgan fingerprint density at radius 2 is 2.10 bits per heavy atom. The van der Waals surface area contributed by atoms with Crippen molar-refractivity contribution in [3.8, 4) is 17.5 Å². The van der Waals surface area contributed by atoms with Gasteiger partial charge in [0.05, 0.1) is 18.2 Å². The second-order valence-electron chi connectivity index (χ2n) is 12.3. The zero-order chi connectivity index (χ0) is 28.9. The van der Waals surface area contributed by atoms with Gasteiger partial charge in [0.2, 0.25) is 17.6 Å². The molecule has 2 aromatic rings. The topological polar surface area (TPSA) is 160 Å². The molecule has 2 N–H and O–H groups in total. The van der Waals surface area contributed by atoms with Gasteiger partial charge in [0.1, 0.15) is 17.7 Å². The molecule has 6 rings (SSSR count). The average Bonchev–Trinajstić information content (AvgIpc) is 3.74. The largest absolute Gasteiger partial charge is 0.444 e. The Labute approximate surface area is 238 Å². The fraction of sp³-hybridized carbons (Fsp3) is 0.607. The quantitative estimate of drug-likeness (QED) is 0.533. The van der Waals surface area contributed by atoms with E-state index in [-0.39, 0.29) is 36.5 Å². The molecule has 2 bridgehead atoms. The van der Waals surface area contributed by atoms with Gasteiger partial charge in [-0.3, -0.25) is 14.5 Å². The molecule has 0 unspecified atom stereocenters. The number of piperazine rings is 1. The standard InChI is InChI=1S/C28H35N9O4/c1-28(2,3)41-27(40)30-21(25(38)36-10-4-5-18(36)13-29)15-35-14-19-12-23(35)26(39)37(19)22-9-7-16-11-17(6-8-20(16)22)24-31-33-34-32-24/h6,8,11,18-19,21-23H,4-5,7,9-10,12,14-15H2,1-3H3,(H,30,40)(H,31,32,33,34)/t18-,19-,21-,22+,23-/m0/s1. The van der Waals surface area contributed by atoms with Gasteiger partial charge in [-0.15, -0.1) is 10.2 Å². The molecular weight excluding hydrogens is 526 g/mol. The van der Waals surface area contributed by atoms with E-state index >= 15 is 0 Å². The van der Waals surface area contributed by atoms with E-state index in [0.29, 0.717) is 31.8 Å². The lowest BCUT2D eigenvalue weighted by Gasteiger charge is -2.39. The summed E-state index contributed by atoms with van der Waals surface area (Å²) in [5.74, 6) is 0.289. The molecule has 3 amide bonds. The number of H-pyrrole nitrogens is 1. The van der Waals surface area contributed by atoms with Crippen molar-refractivity contribution >= 4 is 17.9 Å². The number of nitrogens with one attached hydrogen (secondary N) is 2. The Kier molecular flexibility index (Phi) is 6.89. The predicted octanol–water partition coefficient (Wildman–Crippen LogP) is 1.55. The Morgan fingerprint density at radius 1 is 1.27 bits per heavy atom. The van der Waals surface area contributed by atoms with Crippen LogP contribution in [-0.2, 0) is 20.7 Å². The van der Waals surface area contributed by atoms with E-state index < -0.39 is 23.8 Å². The highest BCUT2D eigenvalue weighted by molar-refractivity contribution is 5.88. The molecule has 4 aliphatic rings. The number of carbonyl (C=O) groups excluding carboxylic acids is 3. The normalized spacial score (nSPS) is 26.2. The third-order valence-electron chi connectivity index (χ3n) is 8.53. The van der Waals surface area contributed by atoms with E-state index in [1.807, 2.05) is 15.9 Å². The van der Waals surface area contributed by atoms with E-state index in [9.17, 15) is 19.6 Å². The van der Waals surface area contributed by atoms with Gasteiger partial charge in [0.15, 0.2) is 0 Å². The lowest BCUT2D eigenvalue weighted by Crippen LogP contribution is -2.59. The average molecular weight is 562 g/mol. The van der Waals surface area contributed by atoms with Crippen LogP contribution in [0.25, 0.3) is 11.4 Å². The molecule has 1 aliphatic carbocycles. The highest BCUT2D eigenvalue weighted by Gasteiger charge is 2.53. The fourth-order valence-corrected chi connectivity index (χ4v) is 6.84. The smallest absolute Gasteiger partial charge is 0.408 e. The second-order valence-corrected chi connectivity index (χ2v) is 12.3. The van der Waals surface area contributed by atoms with Crippen LogP contribution in [0.4, 0.5) is 4.79 Å². The van der Waals surface area contributed by atoms with E-state index in [2.05, 4.69) is 44.1 Å². The number of nitriles is 1. The minimum Gasteiger partial charge on any atom is -0.444 e. The Balaban J connectivity index is 1.16. The Hall–Kier alpha value is -4.05. The summed E-state index contributed by atoms with van der Waals surface area (Å²) in [6.45, 7) is 6.55. The third-order valence-corrected chi connectivity index (χ3v) is 8.53. The summed E-state index contributed by atoms with van der Waals surface area (Å²) >= 11 is 0. The highest BCUT2D eigenvalue weighted by Crippen LogP contribution is 2.44. The van der Waals surface area contributed by atoms with Crippen molar-refractivity contribution in [3.63, 3.8) is 0 Å². The molecule has 0 saturated carbocycles. The number of rotatable bonds is 6. The number of aromatic nitrogens is 4. The molecule has 41 heavy (non-hydrogen) atoms. The first-order valence-electron chi connectivity index (χ1n) is 14.3. The van der Waals surface area contributed by atoms with Gasteiger partial charge >= 0.3 is 6.09 Å². The van der Waals surface area contributed by atoms with Crippen LogP contribution in [0.5, 0.6) is 0 Å². The molecular formula is C28H35N9O4. The van der Waals surface area contributed by atoms with Gasteiger partial charge in [-0.05, 0) is 75.3 Å². The van der Waals surface area contributed by atoms with Crippen molar-refractivity contribution in [2.75, 3.05) is 19.6 Å². The van der Waals surface area contributed by atoms with Crippen LogP contribution in [0.1, 0.15) is 63.6 Å². The lowest BCUT2D eigenvalue weighted by molar-refractivity contribution is -0.141. The van der Waals surface area contributed by atoms with Gasteiger partial charge in [0, 0.05) is 31.2 Å². The molecule has 0 spiro atoms. The van der Waals surface area contributed by atoms with Crippen molar-refractivity contribution in [1.82, 2.24) is 40.6 Å². The summed E-state index contributed by atoms with van der Waals surface area (Å²) in [6, 6.07) is 6.56. The van der Waals surface area contributed by atoms with Gasteiger partial charge < -0.3 is 19.9 Å². The van der Waals surface area contributed by atoms with Crippen molar-refractivity contribution < 1.29 is 19.1 Å². The SMILES string of the molecule is CC(C)(C)OC(=O)N[C@@H](CN1C[C@@H]2C[C@H]1C(=O)N2[C@@H]1CCc2cc(-c3nn[nH]n3)ccc21)C(=O)N1CCC[C@H]1C#N. The molecule has 13 heteroatoms. The first-order valence-corrected chi connectivity index (χ1v) is 14.3. The van der Waals surface area contributed by atoms with E-state index in [1.165, 1.54) is 5.56 Å². The number of hydrogen-bond donors (Lipinski definition) is 2. The van der Waals surface area contributed by atoms with Crippen molar-refractivity contribution in [2.45, 2.75) is 88.7 Å². The molecule has 3 aliphatic heterocycles. The number of benzene rings is 1. The third kappa shape index (κ3) is 5.12. The minimum absolute atomic E-state index is 0.00673. The van der Waals surface area contributed by atoms with Crippen LogP contribution in [0.2, 0.25) is 0 Å². The van der Waals surface area contributed by atoms with Crippen LogP contribution < -0.4 is 5.32 Å². The zero-order valence-corrected chi connectivity index (χ0v) is 23.5. The number of tetrazole rings is 1. The zero-order valence-electron chi connectivity index (χ0n) is 23.5. The summed E-state index contributed by atoms with van der Waals surface area (Å²) in [4.78, 5) is 45.6. The van der Waals surface area contributed by atoms with Crippen LogP contribution in [0.3, 0.4) is 0 Å². The van der Waals surface area contributed by atoms with Crippen LogP contribution in [0, 0.1) is 11.3 Å². The van der Waals surface area contributed by atoms with E-state index in [1.54, 1.807) is 25.7 Å². The summed E-state index contributed by atoms with van der Waals surface area (Å²) < 4.78 is 5.44. The molecule has 1 aromatic heterocycles. The number of likely N-dealkylation sites (tertiary alicyclic amines) is 3. The molecule has 3 fully saturated rings. The molecule has 4 heterocycles. The fourth-order valence-electron chi connectivity index (χ4n) is 6.84. The molecule has 1 aromatic carbocycles. The van der Waals surface area contributed by atoms with E-state index in [4.69, 9.17) is 4.74 Å². The minimum atomic E-state index is -0.921. The van der Waals surface area contributed by atoms with Gasteiger partial charge in [-0.2, -0.15) is 10.5 Å². The van der Waals surface area contributed by atoms with Crippen LogP contribution in [0.15, 0.2) is 18.2 Å². The maximum atomic E-state index is 13.7. The number of nitrogens with zero attached hydrogens (tertiary/aromatic N) is 7. The first-order chi connectivity index (χ1) is 19.6. The molecule has 13 nitrogen and oxygen atoms in total. The number of ether oxygens (including phenoxy) is 1. The highest BCUT2D eigenvalue weighted by atomic mass is 16.6. The Bertz CT molecular complexity index is 1380. The molecule has 216 valence electrons. The number of amides is 3. The first kappa shape index (κ1) is 27.1. The second kappa shape index (κ2) is 10.4. The maximum Gasteiger partial charge on any atom is 0.408 e. The maximum absolute atomic E-state index is 13.7. The monoisotopic (exact) mass is 561 g/mol. The number of aromatic amines is 1. The molecule has 3 saturated heterocycles. The molecule has 5 atom stereocenters. The van der Waals surface area contributed by atoms with Crippen molar-refractivity contribution in [1.29, 1.82) is 5.26 Å². The molecule has 0 radical (unpaired) electrons. The van der Waals surface area contributed by atoms with Crippen molar-refractivity contribution in [3.05, 3.63) is 29.3 Å². The van der Waals surface area contributed by atoms with E-state index in [0.717, 1.165) is 30.4 Å². The lowest BCUT2D eigenvalue weighted by atomic mass is 10.0. The number of alkyl carbamates (subject to hydrolysis) is 1. The predicted molar refractivity (Wildman–Crippen MR) is 145 cm³/mol. The van der Waals surface area contributed by atoms with Gasteiger partial charge in [-0.25, -0.2) is 4.79 Å². The van der Waals surface area contributed by atoms with Crippen LogP contribution >= 0.6 is 0 Å². The summed E-state index contributed by atoms with van der Waals surface area (Å²) in [5.41, 5.74) is 2.51. The Morgan fingerprint density at radius 3 is 2.80 bits per heavy atom. The summed E-state index contributed by atoms with van der Waals surface area (Å²) in [6.07, 6.45) is 3.06. The van der Waals surface area contributed by atoms with Crippen molar-refractivity contribution in [2.24, 2.45) is 0 Å². The summed E-state index contributed by atoms with van der Waals surface area (Å²) in [7, 11) is 0. The number of hydrogen-bond acceptors (Lipinski definition) is 9. The van der Waals surface area contributed by atoms with Gasteiger partial charge in [0.25, 0.3) is 0 Å². The van der Waals surface area contributed by atoms with Gasteiger partial charge in [-0.1, -0.05) is 12.1 Å².